The highest BCUT2D eigenvalue weighted by atomic mass is 35.5. The minimum Gasteiger partial charge on any atom is -0.277 e. The zero-order chi connectivity index (χ0) is 20.9. The minimum atomic E-state index is -0.982. The number of nitro groups is 1. The van der Waals surface area contributed by atoms with Gasteiger partial charge in [0.05, 0.1) is 16.7 Å². The largest absolute Gasteiger partial charge is 0.277 e. The lowest BCUT2D eigenvalue weighted by atomic mass is 9.90. The topological polar surface area (TPSA) is 93.0 Å². The van der Waals surface area contributed by atoms with Crippen molar-refractivity contribution in [2.45, 2.75) is 32.0 Å². The number of nitrogens with zero attached hydrogens (tertiary/aromatic N) is 3. The zero-order valence-electron chi connectivity index (χ0n) is 15.7. The van der Waals surface area contributed by atoms with Crippen LogP contribution < -0.4 is 5.06 Å². The van der Waals surface area contributed by atoms with E-state index in [0.29, 0.717) is 16.3 Å². The van der Waals surface area contributed by atoms with Crippen molar-refractivity contribution in [1.29, 1.82) is 0 Å². The Morgan fingerprint density at radius 2 is 1.79 bits per heavy atom. The van der Waals surface area contributed by atoms with Crippen LogP contribution in [0, 0.1) is 16.0 Å². The third kappa shape index (κ3) is 3.14. The Balaban J connectivity index is 1.82. The Morgan fingerprint density at radius 1 is 1.10 bits per heavy atom. The first-order chi connectivity index (χ1) is 13.8. The molecular formula is C20H18ClN3O5. The van der Waals surface area contributed by atoms with E-state index in [1.54, 1.807) is 50.2 Å². The number of fused-ring (bicyclic) bond motifs is 1. The third-order valence-electron chi connectivity index (χ3n) is 5.17. The van der Waals surface area contributed by atoms with E-state index in [1.807, 2.05) is 0 Å². The molecule has 0 bridgehead atoms. The van der Waals surface area contributed by atoms with Crippen molar-refractivity contribution in [3.8, 4) is 0 Å². The molecule has 9 heteroatoms. The number of imide groups is 1. The van der Waals surface area contributed by atoms with Gasteiger partial charge in [0, 0.05) is 23.2 Å². The van der Waals surface area contributed by atoms with Crippen LogP contribution >= 0.6 is 11.6 Å². The Labute approximate surface area is 171 Å². The summed E-state index contributed by atoms with van der Waals surface area (Å²) in [5, 5.41) is 13.3. The summed E-state index contributed by atoms with van der Waals surface area (Å²) in [6, 6.07) is 11.8. The molecule has 8 nitrogen and oxygen atoms in total. The Morgan fingerprint density at radius 3 is 2.41 bits per heavy atom. The number of nitro benzene ring substituents is 1. The van der Waals surface area contributed by atoms with Gasteiger partial charge in [0.2, 0.25) is 5.91 Å². The maximum absolute atomic E-state index is 13.1. The molecule has 4 rings (SSSR count). The van der Waals surface area contributed by atoms with Crippen LogP contribution in [0.15, 0.2) is 48.5 Å². The number of likely N-dealkylation sites (tertiary alicyclic amines) is 1. The van der Waals surface area contributed by atoms with Crippen LogP contribution in [0.1, 0.15) is 25.5 Å². The van der Waals surface area contributed by atoms with Crippen LogP contribution in [0.25, 0.3) is 0 Å². The fourth-order valence-electron chi connectivity index (χ4n) is 3.92. The van der Waals surface area contributed by atoms with Gasteiger partial charge in [-0.05, 0) is 43.7 Å². The molecule has 0 N–H and O–H groups in total. The van der Waals surface area contributed by atoms with Crippen molar-refractivity contribution in [2.24, 2.45) is 5.92 Å². The Hall–Kier alpha value is -2.97. The lowest BCUT2D eigenvalue weighted by Gasteiger charge is -2.29. The minimum absolute atomic E-state index is 0.0977. The highest BCUT2D eigenvalue weighted by Gasteiger charge is 2.60. The Bertz CT molecular complexity index is 994. The van der Waals surface area contributed by atoms with E-state index in [9.17, 15) is 19.7 Å². The van der Waals surface area contributed by atoms with Crippen LogP contribution in [0.2, 0.25) is 5.02 Å². The molecule has 2 amide bonds. The maximum atomic E-state index is 13.1. The van der Waals surface area contributed by atoms with Crippen LogP contribution in [0.3, 0.4) is 0 Å². The van der Waals surface area contributed by atoms with Gasteiger partial charge in [-0.25, -0.2) is 5.06 Å². The van der Waals surface area contributed by atoms with Gasteiger partial charge in [0.25, 0.3) is 11.6 Å². The summed E-state index contributed by atoms with van der Waals surface area (Å²) in [5.74, 6) is -1.55. The fourth-order valence-corrected chi connectivity index (χ4v) is 4.04. The molecule has 3 atom stereocenters. The van der Waals surface area contributed by atoms with Gasteiger partial charge in [0.1, 0.15) is 5.92 Å². The molecule has 150 valence electrons. The lowest BCUT2D eigenvalue weighted by Crippen LogP contribution is -2.41. The molecule has 2 aliphatic heterocycles. The number of benzene rings is 2. The maximum Gasteiger partial charge on any atom is 0.269 e. The first-order valence-electron chi connectivity index (χ1n) is 9.12. The van der Waals surface area contributed by atoms with Crippen molar-refractivity contribution in [3.05, 3.63) is 69.2 Å². The van der Waals surface area contributed by atoms with Crippen molar-refractivity contribution < 1.29 is 19.3 Å². The molecule has 2 fully saturated rings. The number of amides is 2. The van der Waals surface area contributed by atoms with Crippen molar-refractivity contribution in [3.63, 3.8) is 0 Å². The van der Waals surface area contributed by atoms with E-state index in [1.165, 1.54) is 22.1 Å². The van der Waals surface area contributed by atoms with Gasteiger partial charge in [-0.15, -0.1) is 0 Å². The SMILES string of the molecule is CC(C)N1C(=O)[C@H]2[C@@H](ON(c3ccc(Cl)cc3)[C@H]2c2cccc([N+](=O)[O-])c2)C1=O. The summed E-state index contributed by atoms with van der Waals surface area (Å²) in [6.07, 6.45) is -0.982. The van der Waals surface area contributed by atoms with Gasteiger partial charge in [0.15, 0.2) is 6.10 Å². The zero-order valence-corrected chi connectivity index (χ0v) is 16.4. The molecule has 2 aromatic carbocycles. The van der Waals surface area contributed by atoms with Crippen molar-refractivity contribution >= 4 is 34.8 Å². The summed E-state index contributed by atoms with van der Waals surface area (Å²) in [6.45, 7) is 3.52. The number of carbonyl (C=O) groups is 2. The quantitative estimate of drug-likeness (QED) is 0.431. The smallest absolute Gasteiger partial charge is 0.269 e. The molecule has 0 radical (unpaired) electrons. The van der Waals surface area contributed by atoms with E-state index in [-0.39, 0.29) is 17.6 Å². The molecule has 2 aromatic rings. The lowest BCUT2D eigenvalue weighted by molar-refractivity contribution is -0.384. The predicted octanol–water partition coefficient (Wildman–Crippen LogP) is 3.50. The van der Waals surface area contributed by atoms with E-state index < -0.39 is 28.9 Å². The standard InChI is InChI=1S/C20H18ClN3O5/c1-11(2)22-19(25)16-17(12-4-3-5-15(10-12)24(27)28)23(29-18(16)20(22)26)14-8-6-13(21)7-9-14/h3-11,16-18H,1-2H3/t16-,17+,18-/m1/s1. The molecule has 0 saturated carbocycles. The van der Waals surface area contributed by atoms with E-state index in [2.05, 4.69) is 0 Å². The normalized spacial score (nSPS) is 23.8. The molecule has 0 aromatic heterocycles. The second-order valence-electron chi connectivity index (χ2n) is 7.29. The number of hydroxylamine groups is 1. The molecule has 2 heterocycles. The van der Waals surface area contributed by atoms with Gasteiger partial charge in [-0.2, -0.15) is 0 Å². The van der Waals surface area contributed by atoms with Crippen LogP contribution in [0.4, 0.5) is 11.4 Å². The molecule has 2 saturated heterocycles. The predicted molar refractivity (Wildman–Crippen MR) is 105 cm³/mol. The highest BCUT2D eigenvalue weighted by molar-refractivity contribution is 6.30. The average Bonchev–Trinajstić information content (AvgIpc) is 3.19. The van der Waals surface area contributed by atoms with Crippen molar-refractivity contribution in [1.82, 2.24) is 4.90 Å². The summed E-state index contributed by atoms with van der Waals surface area (Å²) >= 11 is 5.97. The number of halogens is 1. The molecule has 0 spiro atoms. The third-order valence-corrected chi connectivity index (χ3v) is 5.42. The van der Waals surface area contributed by atoms with Gasteiger partial charge in [-0.1, -0.05) is 23.7 Å². The number of hydrogen-bond acceptors (Lipinski definition) is 6. The number of carbonyl (C=O) groups excluding carboxylic acids is 2. The summed E-state index contributed by atoms with van der Waals surface area (Å²) in [4.78, 5) is 43.9. The summed E-state index contributed by atoms with van der Waals surface area (Å²) in [5.41, 5.74) is 1.02. The number of rotatable bonds is 4. The van der Waals surface area contributed by atoms with E-state index in [4.69, 9.17) is 16.4 Å². The summed E-state index contributed by atoms with van der Waals surface area (Å²) < 4.78 is 0. The second kappa shape index (κ2) is 7.13. The Kier molecular flexibility index (Phi) is 4.76. The molecule has 0 aliphatic carbocycles. The summed E-state index contributed by atoms with van der Waals surface area (Å²) in [7, 11) is 0. The number of anilines is 1. The van der Waals surface area contributed by atoms with Crippen molar-refractivity contribution in [2.75, 3.05) is 5.06 Å². The van der Waals surface area contributed by atoms with E-state index >= 15 is 0 Å². The highest BCUT2D eigenvalue weighted by Crippen LogP contribution is 2.47. The molecule has 29 heavy (non-hydrogen) atoms. The first kappa shape index (κ1) is 19.4. The van der Waals surface area contributed by atoms with Gasteiger partial charge < -0.3 is 0 Å². The van der Waals surface area contributed by atoms with Gasteiger partial charge in [-0.3, -0.25) is 29.4 Å². The number of hydrogen-bond donors (Lipinski definition) is 0. The molecule has 2 aliphatic rings. The van der Waals surface area contributed by atoms with Crippen LogP contribution in [-0.4, -0.2) is 33.8 Å². The first-order valence-corrected chi connectivity index (χ1v) is 9.50. The van der Waals surface area contributed by atoms with Crippen LogP contribution in [0.5, 0.6) is 0 Å². The van der Waals surface area contributed by atoms with Crippen LogP contribution in [-0.2, 0) is 14.4 Å². The molecular weight excluding hydrogens is 398 g/mol. The fraction of sp³-hybridized carbons (Fsp3) is 0.300. The molecule has 0 unspecified atom stereocenters. The van der Waals surface area contributed by atoms with Gasteiger partial charge >= 0.3 is 0 Å². The van der Waals surface area contributed by atoms with E-state index in [0.717, 1.165) is 0 Å². The second-order valence-corrected chi connectivity index (χ2v) is 7.73. The monoisotopic (exact) mass is 415 g/mol. The number of non-ortho nitro benzene ring substituents is 1. The average molecular weight is 416 g/mol.